The number of rotatable bonds is 5. The fourth-order valence-corrected chi connectivity index (χ4v) is 2.75. The number of fused-ring (bicyclic) bond motifs is 1. The van der Waals surface area contributed by atoms with Crippen LogP contribution in [0.15, 0.2) is 24.3 Å². The molecule has 0 aliphatic heterocycles. The molecular weight excluding hydrogens is 373 g/mol. The lowest BCUT2D eigenvalue weighted by molar-refractivity contribution is -0.118. The van der Waals surface area contributed by atoms with Crippen molar-refractivity contribution in [3.05, 3.63) is 39.9 Å². The van der Waals surface area contributed by atoms with Crippen LogP contribution in [0, 0.1) is 0 Å². The van der Waals surface area contributed by atoms with Crippen molar-refractivity contribution < 1.29 is 19.4 Å². The number of ether oxygens (including phenoxy) is 1. The fourth-order valence-electron chi connectivity index (χ4n) is 2.15. The molecule has 0 saturated carbocycles. The highest BCUT2D eigenvalue weighted by Crippen LogP contribution is 2.36. The highest BCUT2D eigenvalue weighted by Gasteiger charge is 2.15. The minimum absolute atomic E-state index is 0.0272. The molecule has 1 aromatic heterocycles. The number of nitrogens with zero attached hydrogens (tertiary/aromatic N) is 3. The maximum Gasteiger partial charge on any atom is 0.335 e. The van der Waals surface area contributed by atoms with Crippen LogP contribution in [0.3, 0.4) is 0 Å². The molecule has 128 valence electrons. The van der Waals surface area contributed by atoms with Crippen molar-refractivity contribution in [3.8, 4) is 5.75 Å². The topological polar surface area (TPSA) is 130 Å². The van der Waals surface area contributed by atoms with Crippen LogP contribution in [0.2, 0.25) is 10.0 Å². The van der Waals surface area contributed by atoms with Gasteiger partial charge in [0.2, 0.25) is 5.95 Å². The zero-order valence-corrected chi connectivity index (χ0v) is 13.8. The van der Waals surface area contributed by atoms with E-state index in [1.54, 1.807) is 6.07 Å². The molecule has 3 aromatic rings. The molecule has 0 aliphatic rings. The second-order valence-corrected chi connectivity index (χ2v) is 5.70. The molecule has 9 nitrogen and oxygen atoms in total. The first-order valence-electron chi connectivity index (χ1n) is 6.76. The number of tetrazole rings is 1. The molecule has 2 aromatic carbocycles. The number of carbonyl (C=O) groups is 2. The molecule has 0 atom stereocenters. The SMILES string of the molecule is O=C(COc1cc(C(=O)O)cc2cc(Cl)cc(Cl)c12)Nc1nnn[nH]1. The van der Waals surface area contributed by atoms with Crippen molar-refractivity contribution in [2.75, 3.05) is 11.9 Å². The van der Waals surface area contributed by atoms with Crippen molar-refractivity contribution in [1.29, 1.82) is 0 Å². The summed E-state index contributed by atoms with van der Waals surface area (Å²) < 4.78 is 5.46. The summed E-state index contributed by atoms with van der Waals surface area (Å²) in [7, 11) is 0. The molecule has 1 heterocycles. The van der Waals surface area contributed by atoms with Gasteiger partial charge in [-0.2, -0.15) is 0 Å². The second-order valence-electron chi connectivity index (χ2n) is 4.85. The summed E-state index contributed by atoms with van der Waals surface area (Å²) in [4.78, 5) is 23.1. The van der Waals surface area contributed by atoms with Gasteiger partial charge in [0.25, 0.3) is 5.91 Å². The van der Waals surface area contributed by atoms with E-state index in [0.717, 1.165) is 0 Å². The molecule has 0 fully saturated rings. The summed E-state index contributed by atoms with van der Waals surface area (Å²) in [5.74, 6) is -1.50. The molecule has 1 amide bonds. The van der Waals surface area contributed by atoms with Gasteiger partial charge < -0.3 is 9.84 Å². The summed E-state index contributed by atoms with van der Waals surface area (Å²) in [6.45, 7) is -0.405. The number of aromatic nitrogens is 4. The van der Waals surface area contributed by atoms with E-state index < -0.39 is 18.5 Å². The first kappa shape index (κ1) is 16.9. The minimum atomic E-state index is -1.15. The third-order valence-electron chi connectivity index (χ3n) is 3.14. The number of aromatic amines is 1. The van der Waals surface area contributed by atoms with Gasteiger partial charge in [0, 0.05) is 10.4 Å². The van der Waals surface area contributed by atoms with Crippen LogP contribution in [0.4, 0.5) is 5.95 Å². The van der Waals surface area contributed by atoms with Crippen molar-refractivity contribution in [2.45, 2.75) is 0 Å². The van der Waals surface area contributed by atoms with E-state index in [9.17, 15) is 14.7 Å². The van der Waals surface area contributed by atoms with Crippen molar-refractivity contribution in [3.63, 3.8) is 0 Å². The number of H-pyrrole nitrogens is 1. The zero-order valence-electron chi connectivity index (χ0n) is 12.3. The van der Waals surface area contributed by atoms with E-state index in [4.69, 9.17) is 27.9 Å². The molecule has 3 rings (SSSR count). The maximum atomic E-state index is 11.9. The second kappa shape index (κ2) is 6.91. The van der Waals surface area contributed by atoms with E-state index in [-0.39, 0.29) is 22.3 Å². The zero-order chi connectivity index (χ0) is 18.0. The number of halogens is 2. The number of anilines is 1. The van der Waals surface area contributed by atoms with Gasteiger partial charge in [0.05, 0.1) is 10.6 Å². The van der Waals surface area contributed by atoms with Crippen LogP contribution in [0.25, 0.3) is 10.8 Å². The van der Waals surface area contributed by atoms with Crippen LogP contribution in [-0.2, 0) is 4.79 Å². The highest BCUT2D eigenvalue weighted by atomic mass is 35.5. The molecule has 0 saturated heterocycles. The van der Waals surface area contributed by atoms with Crippen LogP contribution >= 0.6 is 23.2 Å². The normalized spacial score (nSPS) is 10.6. The molecule has 0 spiro atoms. The molecule has 0 aliphatic carbocycles. The summed E-state index contributed by atoms with van der Waals surface area (Å²) in [5, 5.41) is 25.6. The number of carbonyl (C=O) groups excluding carboxylic acids is 1. The van der Waals surface area contributed by atoms with Gasteiger partial charge in [-0.1, -0.05) is 28.3 Å². The predicted octanol–water partition coefficient (Wildman–Crippen LogP) is 2.38. The number of benzene rings is 2. The number of amides is 1. The molecule has 0 unspecified atom stereocenters. The van der Waals surface area contributed by atoms with Gasteiger partial charge in [0.15, 0.2) is 6.61 Å². The third kappa shape index (κ3) is 3.78. The third-order valence-corrected chi connectivity index (χ3v) is 3.65. The van der Waals surface area contributed by atoms with E-state index in [0.29, 0.717) is 15.8 Å². The standard InChI is InChI=1S/C14H9Cl2N5O4/c15-8-2-6-1-7(13(23)24)3-10(12(6)9(16)4-8)25-5-11(22)17-14-18-20-21-19-14/h1-4H,5H2,(H,23,24)(H2,17,18,19,20,21,22). The minimum Gasteiger partial charge on any atom is -0.483 e. The van der Waals surface area contributed by atoms with Crippen LogP contribution in [-0.4, -0.2) is 44.2 Å². The van der Waals surface area contributed by atoms with Gasteiger partial charge in [-0.05, 0) is 40.1 Å². The van der Waals surface area contributed by atoms with Crippen LogP contribution in [0.5, 0.6) is 5.75 Å². The maximum absolute atomic E-state index is 11.9. The van der Waals surface area contributed by atoms with E-state index in [2.05, 4.69) is 25.9 Å². The molecule has 11 heteroatoms. The van der Waals surface area contributed by atoms with Crippen molar-refractivity contribution in [2.24, 2.45) is 0 Å². The Balaban J connectivity index is 1.91. The number of carboxylic acid groups (broad SMARTS) is 1. The largest absolute Gasteiger partial charge is 0.483 e. The number of aromatic carboxylic acids is 1. The Morgan fingerprint density at radius 2 is 2.04 bits per heavy atom. The summed E-state index contributed by atoms with van der Waals surface area (Å²) in [5.41, 5.74) is -0.0272. The quantitative estimate of drug-likeness (QED) is 0.618. The van der Waals surface area contributed by atoms with E-state index in [1.165, 1.54) is 18.2 Å². The Kier molecular flexibility index (Phi) is 4.68. The van der Waals surface area contributed by atoms with E-state index >= 15 is 0 Å². The van der Waals surface area contributed by atoms with Crippen LogP contribution < -0.4 is 10.1 Å². The van der Waals surface area contributed by atoms with Gasteiger partial charge >= 0.3 is 5.97 Å². The first-order chi connectivity index (χ1) is 11.9. The van der Waals surface area contributed by atoms with Gasteiger partial charge in [-0.25, -0.2) is 9.89 Å². The Bertz CT molecular complexity index is 962. The summed E-state index contributed by atoms with van der Waals surface area (Å²) in [6.07, 6.45) is 0. The molecule has 0 radical (unpaired) electrons. The average Bonchev–Trinajstić information content (AvgIpc) is 3.04. The van der Waals surface area contributed by atoms with Gasteiger partial charge in [-0.15, -0.1) is 0 Å². The first-order valence-corrected chi connectivity index (χ1v) is 7.52. The summed E-state index contributed by atoms with van der Waals surface area (Å²) >= 11 is 12.1. The number of hydrogen-bond donors (Lipinski definition) is 3. The number of nitrogens with one attached hydrogen (secondary N) is 2. The molecule has 25 heavy (non-hydrogen) atoms. The predicted molar refractivity (Wildman–Crippen MR) is 89.2 cm³/mol. The molecule has 0 bridgehead atoms. The Morgan fingerprint density at radius 3 is 2.72 bits per heavy atom. The Hall–Kier alpha value is -2.91. The van der Waals surface area contributed by atoms with Crippen molar-refractivity contribution >= 4 is 51.8 Å². The lowest BCUT2D eigenvalue weighted by Gasteiger charge is -2.12. The van der Waals surface area contributed by atoms with E-state index in [1.807, 2.05) is 0 Å². The lowest BCUT2D eigenvalue weighted by atomic mass is 10.1. The molecular formula is C14H9Cl2N5O4. The van der Waals surface area contributed by atoms with Gasteiger partial charge in [0.1, 0.15) is 5.75 Å². The average molecular weight is 382 g/mol. The number of carboxylic acids is 1. The smallest absolute Gasteiger partial charge is 0.335 e. The summed E-state index contributed by atoms with van der Waals surface area (Å²) in [6, 6.07) is 5.76. The fraction of sp³-hybridized carbons (Fsp3) is 0.0714. The van der Waals surface area contributed by atoms with Gasteiger partial charge in [-0.3, -0.25) is 10.1 Å². The Labute approximate surface area is 149 Å². The monoisotopic (exact) mass is 381 g/mol. The Morgan fingerprint density at radius 1 is 1.24 bits per heavy atom. The highest BCUT2D eigenvalue weighted by molar-refractivity contribution is 6.39. The molecule has 3 N–H and O–H groups in total. The lowest BCUT2D eigenvalue weighted by Crippen LogP contribution is -2.21. The number of hydrogen-bond acceptors (Lipinski definition) is 6. The van der Waals surface area contributed by atoms with Crippen LogP contribution in [0.1, 0.15) is 10.4 Å². The van der Waals surface area contributed by atoms with Crippen molar-refractivity contribution in [1.82, 2.24) is 20.6 Å².